The molecule has 1 aromatic rings. The smallest absolute Gasteiger partial charge is 0.410 e. The molecule has 3 rings (SSSR count). The third kappa shape index (κ3) is 5.10. The number of carbonyl (C=O) groups is 2. The summed E-state index contributed by atoms with van der Waals surface area (Å²) in [4.78, 5) is 26.3. The first kappa shape index (κ1) is 18.5. The van der Waals surface area contributed by atoms with Gasteiger partial charge in [0.25, 0.3) is 0 Å². The molecular formula is C21H27NO4. The van der Waals surface area contributed by atoms with Crippen molar-refractivity contribution in [3.63, 3.8) is 0 Å². The number of benzene rings is 1. The molecule has 26 heavy (non-hydrogen) atoms. The largest absolute Gasteiger partial charge is 0.458 e. The number of hydrogen-bond acceptors (Lipinski definition) is 4. The van der Waals surface area contributed by atoms with E-state index in [2.05, 4.69) is 0 Å². The first-order valence-electron chi connectivity index (χ1n) is 9.13. The van der Waals surface area contributed by atoms with Crippen molar-refractivity contribution in [1.82, 2.24) is 4.90 Å². The van der Waals surface area contributed by atoms with Crippen LogP contribution in [0.2, 0.25) is 0 Å². The maximum atomic E-state index is 12.4. The summed E-state index contributed by atoms with van der Waals surface area (Å²) < 4.78 is 10.8. The van der Waals surface area contributed by atoms with Gasteiger partial charge in [0.15, 0.2) is 0 Å². The lowest BCUT2D eigenvalue weighted by Crippen LogP contribution is -2.44. The van der Waals surface area contributed by atoms with Gasteiger partial charge >= 0.3 is 12.1 Å². The van der Waals surface area contributed by atoms with Crippen molar-refractivity contribution < 1.29 is 19.1 Å². The average molecular weight is 357 g/mol. The van der Waals surface area contributed by atoms with E-state index in [4.69, 9.17) is 9.47 Å². The van der Waals surface area contributed by atoms with Crippen LogP contribution in [0.15, 0.2) is 42.0 Å². The molecule has 1 spiro atoms. The van der Waals surface area contributed by atoms with E-state index in [0.29, 0.717) is 13.1 Å². The summed E-state index contributed by atoms with van der Waals surface area (Å²) in [5.74, 6) is -0.356. The molecule has 1 heterocycles. The molecule has 0 N–H and O–H groups in total. The number of ether oxygens (including phenoxy) is 2. The van der Waals surface area contributed by atoms with E-state index < -0.39 is 5.60 Å². The third-order valence-corrected chi connectivity index (χ3v) is 4.68. The molecule has 0 aromatic heterocycles. The predicted molar refractivity (Wildman–Crippen MR) is 98.4 cm³/mol. The van der Waals surface area contributed by atoms with Gasteiger partial charge in [-0.15, -0.1) is 0 Å². The van der Waals surface area contributed by atoms with Gasteiger partial charge in [-0.05, 0) is 56.6 Å². The van der Waals surface area contributed by atoms with E-state index in [1.165, 1.54) is 0 Å². The molecule has 1 amide bonds. The van der Waals surface area contributed by atoms with Gasteiger partial charge < -0.3 is 14.4 Å². The Morgan fingerprint density at radius 1 is 1.19 bits per heavy atom. The summed E-state index contributed by atoms with van der Waals surface area (Å²) >= 11 is 0. The molecule has 0 unspecified atom stereocenters. The van der Waals surface area contributed by atoms with E-state index in [-0.39, 0.29) is 24.1 Å². The van der Waals surface area contributed by atoms with Crippen LogP contribution in [-0.2, 0) is 20.9 Å². The van der Waals surface area contributed by atoms with Crippen LogP contribution < -0.4 is 0 Å². The lowest BCUT2D eigenvalue weighted by Gasteiger charge is -2.35. The molecule has 1 aliphatic heterocycles. The number of amides is 1. The van der Waals surface area contributed by atoms with E-state index in [1.54, 1.807) is 11.0 Å². The molecule has 2 aliphatic rings. The Bertz CT molecular complexity index is 698. The van der Waals surface area contributed by atoms with Crippen molar-refractivity contribution in [2.24, 2.45) is 5.41 Å². The van der Waals surface area contributed by atoms with Crippen molar-refractivity contribution in [3.05, 3.63) is 47.5 Å². The van der Waals surface area contributed by atoms with E-state index in [9.17, 15) is 9.59 Å². The summed E-state index contributed by atoms with van der Waals surface area (Å²) in [5, 5.41) is 0. The molecule has 0 bridgehead atoms. The van der Waals surface area contributed by atoms with Crippen LogP contribution in [0.5, 0.6) is 0 Å². The second-order valence-electron chi connectivity index (χ2n) is 8.41. The molecule has 1 aliphatic carbocycles. The molecule has 1 aromatic carbocycles. The van der Waals surface area contributed by atoms with Crippen molar-refractivity contribution in [2.45, 2.75) is 52.2 Å². The quantitative estimate of drug-likeness (QED) is 0.604. The Balaban J connectivity index is 1.62. The minimum atomic E-state index is -0.524. The first-order chi connectivity index (χ1) is 12.2. The molecule has 5 heteroatoms. The number of rotatable bonds is 3. The zero-order valence-electron chi connectivity index (χ0n) is 15.8. The van der Waals surface area contributed by atoms with Crippen molar-refractivity contribution in [3.8, 4) is 0 Å². The van der Waals surface area contributed by atoms with Crippen molar-refractivity contribution in [2.75, 3.05) is 13.1 Å². The first-order valence-corrected chi connectivity index (χ1v) is 9.13. The highest BCUT2D eigenvalue weighted by molar-refractivity contribution is 5.83. The maximum Gasteiger partial charge on any atom is 0.410 e. The predicted octanol–water partition coefficient (Wildman–Crippen LogP) is 4.08. The second kappa shape index (κ2) is 7.14. The van der Waals surface area contributed by atoms with Gasteiger partial charge in [-0.25, -0.2) is 9.59 Å². The van der Waals surface area contributed by atoms with Crippen LogP contribution >= 0.6 is 0 Å². The average Bonchev–Trinajstić information content (AvgIpc) is 3.30. The number of esters is 1. The molecule has 0 atom stereocenters. The Morgan fingerprint density at radius 2 is 1.88 bits per heavy atom. The summed E-state index contributed by atoms with van der Waals surface area (Å²) in [6, 6.07) is 9.60. The lowest BCUT2D eigenvalue weighted by molar-refractivity contribution is -0.139. The SMILES string of the molecule is CC(C)(C)OC(=O)N1C/C(=C/C(=O)OCc2ccccc2)CC2(CC2)C1. The van der Waals surface area contributed by atoms with Crippen LogP contribution in [0.4, 0.5) is 4.79 Å². The monoisotopic (exact) mass is 357 g/mol. The molecule has 140 valence electrons. The van der Waals surface area contributed by atoms with Crippen LogP contribution in [0.3, 0.4) is 0 Å². The third-order valence-electron chi connectivity index (χ3n) is 4.68. The highest BCUT2D eigenvalue weighted by Gasteiger charge is 2.48. The fourth-order valence-corrected chi connectivity index (χ4v) is 3.30. The van der Waals surface area contributed by atoms with Crippen molar-refractivity contribution in [1.29, 1.82) is 0 Å². The molecule has 0 radical (unpaired) electrons. The number of piperidine rings is 1. The van der Waals surface area contributed by atoms with Gasteiger partial charge in [-0.2, -0.15) is 0 Å². The van der Waals surface area contributed by atoms with Crippen LogP contribution in [0, 0.1) is 5.41 Å². The Kier molecular flexibility index (Phi) is 5.08. The Hall–Kier alpha value is -2.30. The second-order valence-corrected chi connectivity index (χ2v) is 8.41. The minimum Gasteiger partial charge on any atom is -0.458 e. The van der Waals surface area contributed by atoms with Gasteiger partial charge in [-0.3, -0.25) is 0 Å². The zero-order valence-corrected chi connectivity index (χ0v) is 15.8. The molecule has 1 saturated carbocycles. The molecule has 1 saturated heterocycles. The van der Waals surface area contributed by atoms with Gasteiger partial charge in [-0.1, -0.05) is 30.3 Å². The molecular weight excluding hydrogens is 330 g/mol. The van der Waals surface area contributed by atoms with Crippen LogP contribution in [-0.4, -0.2) is 35.7 Å². The summed E-state index contributed by atoms with van der Waals surface area (Å²) in [7, 11) is 0. The molecule has 2 fully saturated rings. The minimum absolute atomic E-state index is 0.126. The zero-order chi connectivity index (χ0) is 18.8. The summed E-state index contributed by atoms with van der Waals surface area (Å²) in [6.07, 6.45) is 4.27. The fraction of sp³-hybridized carbons (Fsp3) is 0.524. The van der Waals surface area contributed by atoms with Gasteiger partial charge in [0.1, 0.15) is 12.2 Å². The maximum absolute atomic E-state index is 12.4. The van der Waals surface area contributed by atoms with Crippen LogP contribution in [0.25, 0.3) is 0 Å². The topological polar surface area (TPSA) is 55.8 Å². The molecule has 5 nitrogen and oxygen atoms in total. The summed E-state index contributed by atoms with van der Waals surface area (Å²) in [6.45, 7) is 6.97. The Morgan fingerprint density at radius 3 is 2.50 bits per heavy atom. The normalized spacial score (nSPS) is 20.1. The lowest BCUT2D eigenvalue weighted by atomic mass is 9.91. The number of likely N-dealkylation sites (tertiary alicyclic amines) is 1. The number of nitrogens with zero attached hydrogens (tertiary/aromatic N) is 1. The Labute approximate surface area is 155 Å². The highest BCUT2D eigenvalue weighted by atomic mass is 16.6. The van der Waals surface area contributed by atoms with E-state index in [0.717, 1.165) is 30.4 Å². The van der Waals surface area contributed by atoms with Gasteiger partial charge in [0.05, 0.1) is 0 Å². The van der Waals surface area contributed by atoms with E-state index >= 15 is 0 Å². The number of hydrogen-bond donors (Lipinski definition) is 0. The summed E-state index contributed by atoms with van der Waals surface area (Å²) in [5.41, 5.74) is 1.50. The fourth-order valence-electron chi connectivity index (χ4n) is 3.30. The van der Waals surface area contributed by atoms with E-state index in [1.807, 2.05) is 51.1 Å². The number of carbonyl (C=O) groups excluding carboxylic acids is 2. The van der Waals surface area contributed by atoms with Gasteiger partial charge in [0.2, 0.25) is 0 Å². The van der Waals surface area contributed by atoms with Crippen LogP contribution in [0.1, 0.15) is 45.6 Å². The van der Waals surface area contributed by atoms with Gasteiger partial charge in [0, 0.05) is 19.2 Å². The van der Waals surface area contributed by atoms with Crippen molar-refractivity contribution >= 4 is 12.1 Å². The standard InChI is InChI=1S/C21H27NO4/c1-20(2,3)26-19(24)22-13-17(12-21(15-22)9-10-21)11-18(23)25-14-16-7-5-4-6-8-16/h4-8,11H,9-10,12-15H2,1-3H3/b17-11+. The highest BCUT2D eigenvalue weighted by Crippen LogP contribution is 2.53.